The highest BCUT2D eigenvalue weighted by Crippen LogP contribution is 2.22. The molecule has 3 heterocycles. The van der Waals surface area contributed by atoms with Crippen LogP contribution < -0.4 is 11.1 Å². The van der Waals surface area contributed by atoms with Crippen molar-refractivity contribution in [2.75, 3.05) is 45.0 Å². The molecular formula is C25H30N4O6S. The Morgan fingerprint density at radius 1 is 1.06 bits per heavy atom. The fourth-order valence-electron chi connectivity index (χ4n) is 3.83. The SMILES string of the molecule is COC(=O)c1ccc(N)c(NC[C@@H]2CCO2)c1.COC(=O)c1ccc2[nH]c(=S)n(C[C@@H]3CCO3)c2c1. The highest BCUT2D eigenvalue weighted by atomic mass is 32.1. The lowest BCUT2D eigenvalue weighted by Gasteiger charge is -2.27. The van der Waals surface area contributed by atoms with Crippen molar-refractivity contribution in [1.82, 2.24) is 9.55 Å². The second kappa shape index (κ2) is 11.5. The van der Waals surface area contributed by atoms with Gasteiger partial charge < -0.3 is 39.5 Å². The first kappa shape index (κ1) is 25.7. The number of methoxy groups -OCH3 is 2. The maximum absolute atomic E-state index is 11.6. The summed E-state index contributed by atoms with van der Waals surface area (Å²) in [5.74, 6) is -0.714. The minimum atomic E-state index is -0.368. The highest BCUT2D eigenvalue weighted by molar-refractivity contribution is 7.71. The molecule has 0 saturated carbocycles. The predicted molar refractivity (Wildman–Crippen MR) is 138 cm³/mol. The molecule has 2 aliphatic heterocycles. The van der Waals surface area contributed by atoms with Gasteiger partial charge in [0.15, 0.2) is 4.77 Å². The minimum absolute atomic E-state index is 0.215. The lowest BCUT2D eigenvalue weighted by Crippen LogP contribution is -2.33. The third-order valence-electron chi connectivity index (χ3n) is 6.16. The Labute approximate surface area is 213 Å². The van der Waals surface area contributed by atoms with Gasteiger partial charge in [0.2, 0.25) is 0 Å². The second-order valence-electron chi connectivity index (χ2n) is 8.50. The summed E-state index contributed by atoms with van der Waals surface area (Å²) in [4.78, 5) is 26.1. The van der Waals surface area contributed by atoms with E-state index in [1.165, 1.54) is 14.2 Å². The van der Waals surface area contributed by atoms with Crippen LogP contribution in [-0.4, -0.2) is 67.7 Å². The minimum Gasteiger partial charge on any atom is -0.465 e. The van der Waals surface area contributed by atoms with E-state index in [0.717, 1.165) is 42.8 Å². The van der Waals surface area contributed by atoms with Crippen molar-refractivity contribution in [3.8, 4) is 0 Å². The Morgan fingerprint density at radius 2 is 1.67 bits per heavy atom. The fraction of sp³-hybridized carbons (Fsp3) is 0.400. The number of nitrogens with two attached hydrogens (primary N) is 1. The van der Waals surface area contributed by atoms with Crippen molar-refractivity contribution >= 4 is 46.6 Å². The number of hydrogen-bond acceptors (Lipinski definition) is 9. The number of nitrogens with zero attached hydrogens (tertiary/aromatic N) is 1. The lowest BCUT2D eigenvalue weighted by molar-refractivity contribution is -0.0588. The summed E-state index contributed by atoms with van der Waals surface area (Å²) in [6.45, 7) is 3.05. The van der Waals surface area contributed by atoms with E-state index in [-0.39, 0.29) is 24.1 Å². The number of esters is 2. The number of rotatable bonds is 7. The zero-order valence-electron chi connectivity index (χ0n) is 20.2. The molecule has 10 nitrogen and oxygen atoms in total. The molecule has 4 N–H and O–H groups in total. The number of ether oxygens (including phenoxy) is 4. The van der Waals surface area contributed by atoms with Crippen molar-refractivity contribution in [2.45, 2.75) is 31.6 Å². The van der Waals surface area contributed by atoms with Gasteiger partial charge in [-0.25, -0.2) is 9.59 Å². The molecule has 1 aromatic heterocycles. The van der Waals surface area contributed by atoms with Gasteiger partial charge >= 0.3 is 11.9 Å². The first-order valence-corrected chi connectivity index (χ1v) is 12.1. The van der Waals surface area contributed by atoms with Crippen LogP contribution in [-0.2, 0) is 25.5 Å². The van der Waals surface area contributed by atoms with E-state index in [1.54, 1.807) is 30.3 Å². The molecule has 36 heavy (non-hydrogen) atoms. The fourth-order valence-corrected chi connectivity index (χ4v) is 4.12. The number of nitrogens with one attached hydrogen (secondary N) is 2. The summed E-state index contributed by atoms with van der Waals surface area (Å²) in [5, 5.41) is 3.18. The number of anilines is 2. The first-order chi connectivity index (χ1) is 17.4. The molecule has 2 aromatic carbocycles. The molecule has 2 fully saturated rings. The van der Waals surface area contributed by atoms with Gasteiger partial charge in [-0.3, -0.25) is 0 Å². The van der Waals surface area contributed by atoms with E-state index in [4.69, 9.17) is 32.2 Å². The Morgan fingerprint density at radius 3 is 2.25 bits per heavy atom. The molecule has 0 unspecified atom stereocenters. The van der Waals surface area contributed by atoms with Crippen LogP contribution >= 0.6 is 12.2 Å². The number of aromatic amines is 1. The van der Waals surface area contributed by atoms with Crippen molar-refractivity contribution in [3.05, 3.63) is 52.3 Å². The molecule has 0 radical (unpaired) electrons. The topological polar surface area (TPSA) is 130 Å². The van der Waals surface area contributed by atoms with Crippen molar-refractivity contribution in [2.24, 2.45) is 0 Å². The largest absolute Gasteiger partial charge is 0.465 e. The van der Waals surface area contributed by atoms with Crippen LogP contribution in [0.3, 0.4) is 0 Å². The molecule has 2 saturated heterocycles. The van der Waals surface area contributed by atoms with Crippen LogP contribution in [0.2, 0.25) is 0 Å². The smallest absolute Gasteiger partial charge is 0.337 e. The summed E-state index contributed by atoms with van der Waals surface area (Å²) in [6.07, 6.45) is 2.57. The Balaban J connectivity index is 0.000000170. The van der Waals surface area contributed by atoms with Crippen LogP contribution in [0.1, 0.15) is 33.6 Å². The van der Waals surface area contributed by atoms with E-state index in [1.807, 2.05) is 10.6 Å². The molecule has 0 amide bonds. The molecule has 3 aromatic rings. The van der Waals surface area contributed by atoms with E-state index < -0.39 is 0 Å². The van der Waals surface area contributed by atoms with E-state index >= 15 is 0 Å². The van der Waals surface area contributed by atoms with E-state index in [0.29, 0.717) is 34.7 Å². The first-order valence-electron chi connectivity index (χ1n) is 11.7. The number of imidazole rings is 1. The number of carbonyl (C=O) groups excluding carboxylic acids is 2. The molecule has 2 atom stereocenters. The molecule has 11 heteroatoms. The quantitative estimate of drug-likeness (QED) is 0.246. The maximum atomic E-state index is 11.6. The molecular weight excluding hydrogens is 484 g/mol. The normalized spacial score (nSPS) is 18.3. The number of benzene rings is 2. The standard InChI is InChI=1S/C13H14N2O3S.C12H16N2O3/c1-17-12(16)8-2-3-10-11(6-8)15(13(19)14-10)7-9-4-5-18-9;1-16-12(15)8-2-3-10(13)11(6-8)14-7-9-4-5-17-9/h2-3,6,9H,4-5,7H2,1H3,(H,14,19);2-3,6,9,14H,4-5,7,13H2,1H3/t2*9-/m00/s1. The van der Waals surface area contributed by atoms with Crippen LogP contribution in [0.4, 0.5) is 11.4 Å². The molecule has 0 aliphatic carbocycles. The van der Waals surface area contributed by atoms with Gasteiger partial charge in [0, 0.05) is 19.8 Å². The van der Waals surface area contributed by atoms with Crippen molar-refractivity contribution < 1.29 is 28.5 Å². The number of fused-ring (bicyclic) bond motifs is 1. The number of carbonyl (C=O) groups is 2. The van der Waals surface area contributed by atoms with E-state index in [9.17, 15) is 9.59 Å². The van der Waals surface area contributed by atoms with Gasteiger partial charge in [-0.05, 0) is 61.5 Å². The van der Waals surface area contributed by atoms with Gasteiger partial charge in [-0.2, -0.15) is 0 Å². The second-order valence-corrected chi connectivity index (χ2v) is 8.89. The Hall–Kier alpha value is -3.41. The van der Waals surface area contributed by atoms with Crippen molar-refractivity contribution in [3.63, 3.8) is 0 Å². The molecule has 0 bridgehead atoms. The number of nitrogen functional groups attached to an aromatic ring is 1. The van der Waals surface area contributed by atoms with Crippen LogP contribution in [0.5, 0.6) is 0 Å². The summed E-state index contributed by atoms with van der Waals surface area (Å²) < 4.78 is 22.7. The highest BCUT2D eigenvalue weighted by Gasteiger charge is 2.21. The van der Waals surface area contributed by atoms with E-state index in [2.05, 4.69) is 15.0 Å². The third-order valence-corrected chi connectivity index (χ3v) is 6.49. The van der Waals surface area contributed by atoms with Gasteiger partial charge in [-0.15, -0.1) is 0 Å². The van der Waals surface area contributed by atoms with Crippen LogP contribution in [0, 0.1) is 4.77 Å². The zero-order valence-corrected chi connectivity index (χ0v) is 21.1. The third kappa shape index (κ3) is 5.86. The van der Waals surface area contributed by atoms with Crippen molar-refractivity contribution in [1.29, 1.82) is 0 Å². The number of hydrogen-bond donors (Lipinski definition) is 3. The average Bonchev–Trinajstić information content (AvgIpc) is 3.14. The van der Waals surface area contributed by atoms with Crippen LogP contribution in [0.25, 0.3) is 11.0 Å². The maximum Gasteiger partial charge on any atom is 0.337 e. The summed E-state index contributed by atoms with van der Waals surface area (Å²) in [6, 6.07) is 10.4. The van der Waals surface area contributed by atoms with Gasteiger partial charge in [0.1, 0.15) is 0 Å². The van der Waals surface area contributed by atoms with Gasteiger partial charge in [0.25, 0.3) is 0 Å². The zero-order chi connectivity index (χ0) is 25.7. The number of H-pyrrole nitrogens is 1. The van der Waals surface area contributed by atoms with Gasteiger partial charge in [-0.1, -0.05) is 0 Å². The molecule has 5 rings (SSSR count). The van der Waals surface area contributed by atoms with Gasteiger partial charge in [0.05, 0.1) is 66.5 Å². The summed E-state index contributed by atoms with van der Waals surface area (Å²) in [5.41, 5.74) is 9.99. The lowest BCUT2D eigenvalue weighted by atomic mass is 10.1. The predicted octanol–water partition coefficient (Wildman–Crippen LogP) is 3.53. The molecule has 192 valence electrons. The average molecular weight is 515 g/mol. The summed E-state index contributed by atoms with van der Waals surface area (Å²) >= 11 is 5.32. The monoisotopic (exact) mass is 514 g/mol. The Kier molecular flexibility index (Phi) is 8.24. The summed E-state index contributed by atoms with van der Waals surface area (Å²) in [7, 11) is 2.73. The van der Waals surface area contributed by atoms with Crippen LogP contribution in [0.15, 0.2) is 36.4 Å². The molecule has 0 spiro atoms. The Bertz CT molecular complexity index is 1300. The number of aromatic nitrogens is 2. The molecule has 2 aliphatic rings.